The molecule has 2 unspecified atom stereocenters. The van der Waals surface area contributed by atoms with Crippen LogP contribution in [0.4, 0.5) is 0 Å². The van der Waals surface area contributed by atoms with Gasteiger partial charge in [0, 0.05) is 25.2 Å². The highest BCUT2D eigenvalue weighted by Crippen LogP contribution is 2.20. The molecule has 0 saturated carbocycles. The van der Waals surface area contributed by atoms with E-state index in [0.717, 1.165) is 38.8 Å². The van der Waals surface area contributed by atoms with Crippen molar-refractivity contribution >= 4 is 11.8 Å². The minimum Gasteiger partial charge on any atom is -0.332 e. The normalized spacial score (nSPS) is 29.2. The third-order valence-corrected chi connectivity index (χ3v) is 4.31. The summed E-state index contributed by atoms with van der Waals surface area (Å²) in [4.78, 5) is 28.1. The lowest BCUT2D eigenvalue weighted by atomic mass is 10.0. The van der Waals surface area contributed by atoms with Crippen LogP contribution in [0.5, 0.6) is 0 Å². The van der Waals surface area contributed by atoms with Crippen LogP contribution < -0.4 is 0 Å². The van der Waals surface area contributed by atoms with Gasteiger partial charge in [-0.1, -0.05) is 0 Å². The first-order valence-corrected chi connectivity index (χ1v) is 7.23. The molecule has 0 spiro atoms. The van der Waals surface area contributed by atoms with E-state index in [0.29, 0.717) is 0 Å². The highest BCUT2D eigenvalue weighted by atomic mass is 16.2. The van der Waals surface area contributed by atoms with Crippen molar-refractivity contribution in [3.8, 4) is 0 Å². The Morgan fingerprint density at radius 2 is 1.17 bits per heavy atom. The first-order valence-electron chi connectivity index (χ1n) is 7.23. The predicted molar refractivity (Wildman–Crippen MR) is 70.1 cm³/mol. The van der Waals surface area contributed by atoms with E-state index in [4.69, 9.17) is 0 Å². The van der Waals surface area contributed by atoms with Crippen LogP contribution >= 0.6 is 0 Å². The summed E-state index contributed by atoms with van der Waals surface area (Å²) in [5.41, 5.74) is 0. The molecule has 2 amide bonds. The van der Waals surface area contributed by atoms with Crippen molar-refractivity contribution in [3.05, 3.63) is 0 Å². The Kier molecular flexibility index (Phi) is 4.25. The molecule has 0 aromatic rings. The summed E-state index contributed by atoms with van der Waals surface area (Å²) in [5.74, 6) is -0.563. The van der Waals surface area contributed by atoms with Crippen molar-refractivity contribution in [2.75, 3.05) is 13.1 Å². The molecular weight excluding hydrogens is 228 g/mol. The van der Waals surface area contributed by atoms with Crippen LogP contribution in [0.15, 0.2) is 0 Å². The third kappa shape index (κ3) is 2.68. The van der Waals surface area contributed by atoms with Gasteiger partial charge in [0.05, 0.1) is 0 Å². The lowest BCUT2D eigenvalue weighted by molar-refractivity contribution is -0.155. The van der Waals surface area contributed by atoms with Gasteiger partial charge in [0.25, 0.3) is 0 Å². The number of nitrogens with zero attached hydrogens (tertiary/aromatic N) is 2. The van der Waals surface area contributed by atoms with Gasteiger partial charge >= 0.3 is 11.8 Å². The molecule has 0 N–H and O–H groups in total. The molecule has 2 aliphatic rings. The average molecular weight is 252 g/mol. The highest BCUT2D eigenvalue weighted by molar-refractivity contribution is 6.35. The molecule has 102 valence electrons. The average Bonchev–Trinajstić information content (AvgIpc) is 2.38. The zero-order valence-electron chi connectivity index (χ0n) is 11.5. The fourth-order valence-corrected chi connectivity index (χ4v) is 3.05. The van der Waals surface area contributed by atoms with Crippen LogP contribution in [0, 0.1) is 0 Å². The zero-order chi connectivity index (χ0) is 13.1. The number of amides is 2. The predicted octanol–water partition coefficient (Wildman–Crippen LogP) is 1.79. The second-order valence-corrected chi connectivity index (χ2v) is 5.69. The summed E-state index contributed by atoms with van der Waals surface area (Å²) < 4.78 is 0. The maximum Gasteiger partial charge on any atom is 0.312 e. The van der Waals surface area contributed by atoms with E-state index in [9.17, 15) is 9.59 Å². The molecule has 0 aliphatic carbocycles. The molecule has 2 fully saturated rings. The summed E-state index contributed by atoms with van der Waals surface area (Å²) in [6, 6.07) is 0.436. The van der Waals surface area contributed by atoms with Crippen LogP contribution in [-0.2, 0) is 9.59 Å². The Morgan fingerprint density at radius 3 is 1.50 bits per heavy atom. The van der Waals surface area contributed by atoms with Gasteiger partial charge in [-0.3, -0.25) is 9.59 Å². The number of hydrogen-bond acceptors (Lipinski definition) is 2. The summed E-state index contributed by atoms with van der Waals surface area (Å²) >= 11 is 0. The molecule has 0 aromatic heterocycles. The van der Waals surface area contributed by atoms with Gasteiger partial charge in [-0.2, -0.15) is 0 Å². The molecule has 2 saturated heterocycles. The summed E-state index contributed by atoms with van der Waals surface area (Å²) in [6.45, 7) is 5.58. The molecule has 2 heterocycles. The molecule has 2 aliphatic heterocycles. The van der Waals surface area contributed by atoms with E-state index >= 15 is 0 Å². The number of hydrogen-bond donors (Lipinski definition) is 0. The van der Waals surface area contributed by atoms with E-state index in [1.54, 1.807) is 9.80 Å². The fourth-order valence-electron chi connectivity index (χ4n) is 3.05. The Morgan fingerprint density at radius 1 is 0.778 bits per heavy atom. The van der Waals surface area contributed by atoms with Crippen molar-refractivity contribution in [2.24, 2.45) is 0 Å². The number of carbonyl (C=O) groups is 2. The van der Waals surface area contributed by atoms with Crippen LogP contribution in [0.1, 0.15) is 52.4 Å². The molecule has 18 heavy (non-hydrogen) atoms. The van der Waals surface area contributed by atoms with E-state index in [-0.39, 0.29) is 23.9 Å². The molecule has 0 aromatic carbocycles. The van der Waals surface area contributed by atoms with Gasteiger partial charge in [-0.05, 0) is 52.4 Å². The largest absolute Gasteiger partial charge is 0.332 e. The van der Waals surface area contributed by atoms with Gasteiger partial charge in [0.15, 0.2) is 0 Å². The number of likely N-dealkylation sites (tertiary alicyclic amines) is 2. The molecule has 0 bridgehead atoms. The second-order valence-electron chi connectivity index (χ2n) is 5.69. The van der Waals surface area contributed by atoms with Gasteiger partial charge in [-0.15, -0.1) is 0 Å². The SMILES string of the molecule is CC1CCCCN1C(=O)C(=O)N1CCCCC1C. The molecule has 0 radical (unpaired) electrons. The third-order valence-electron chi connectivity index (χ3n) is 4.31. The molecule has 2 atom stereocenters. The smallest absolute Gasteiger partial charge is 0.312 e. The Bertz CT molecular complexity index is 298. The Hall–Kier alpha value is -1.06. The van der Waals surface area contributed by atoms with Crippen molar-refractivity contribution < 1.29 is 9.59 Å². The summed E-state index contributed by atoms with van der Waals surface area (Å²) in [5, 5.41) is 0. The van der Waals surface area contributed by atoms with Crippen LogP contribution in [0.25, 0.3) is 0 Å². The van der Waals surface area contributed by atoms with Crippen LogP contribution in [0.2, 0.25) is 0 Å². The lowest BCUT2D eigenvalue weighted by Gasteiger charge is -2.37. The second kappa shape index (κ2) is 5.72. The number of piperidine rings is 2. The van der Waals surface area contributed by atoms with Crippen molar-refractivity contribution in [2.45, 2.75) is 64.5 Å². The van der Waals surface area contributed by atoms with Gasteiger partial charge in [0.2, 0.25) is 0 Å². The summed E-state index contributed by atoms with van der Waals surface area (Å²) in [6.07, 6.45) is 6.43. The van der Waals surface area contributed by atoms with E-state index in [1.807, 2.05) is 13.8 Å². The quantitative estimate of drug-likeness (QED) is 0.617. The van der Waals surface area contributed by atoms with E-state index in [2.05, 4.69) is 0 Å². The maximum absolute atomic E-state index is 12.3. The lowest BCUT2D eigenvalue weighted by Crippen LogP contribution is -2.53. The molecule has 2 rings (SSSR count). The van der Waals surface area contributed by atoms with E-state index in [1.165, 1.54) is 12.8 Å². The van der Waals surface area contributed by atoms with Gasteiger partial charge in [0.1, 0.15) is 0 Å². The van der Waals surface area contributed by atoms with Crippen molar-refractivity contribution in [3.63, 3.8) is 0 Å². The number of carbonyl (C=O) groups excluding carboxylic acids is 2. The maximum atomic E-state index is 12.3. The monoisotopic (exact) mass is 252 g/mol. The highest BCUT2D eigenvalue weighted by Gasteiger charge is 2.33. The molecular formula is C14H24N2O2. The fraction of sp³-hybridized carbons (Fsp3) is 0.857. The standard InChI is InChI=1S/C14H24N2O2/c1-11-7-3-5-9-15(11)13(17)14(18)16-10-6-4-8-12(16)2/h11-12H,3-10H2,1-2H3. The summed E-state index contributed by atoms with van der Waals surface area (Å²) in [7, 11) is 0. The van der Waals surface area contributed by atoms with Crippen LogP contribution in [0.3, 0.4) is 0 Å². The van der Waals surface area contributed by atoms with E-state index < -0.39 is 0 Å². The first kappa shape index (κ1) is 13.4. The first-order chi connectivity index (χ1) is 8.61. The van der Waals surface area contributed by atoms with Gasteiger partial charge in [-0.25, -0.2) is 0 Å². The van der Waals surface area contributed by atoms with Crippen molar-refractivity contribution in [1.29, 1.82) is 0 Å². The molecule has 4 heteroatoms. The number of rotatable bonds is 0. The van der Waals surface area contributed by atoms with Crippen molar-refractivity contribution in [1.82, 2.24) is 9.80 Å². The minimum atomic E-state index is -0.282. The Labute approximate surface area is 109 Å². The Balaban J connectivity index is 2.01. The topological polar surface area (TPSA) is 40.6 Å². The zero-order valence-corrected chi connectivity index (χ0v) is 11.5. The van der Waals surface area contributed by atoms with Crippen LogP contribution in [-0.4, -0.2) is 46.8 Å². The van der Waals surface area contributed by atoms with Gasteiger partial charge < -0.3 is 9.80 Å². The molecule has 4 nitrogen and oxygen atoms in total. The minimum absolute atomic E-state index is 0.218.